The van der Waals surface area contributed by atoms with Crippen LogP contribution in [-0.2, 0) is 13.0 Å². The Morgan fingerprint density at radius 1 is 1.43 bits per heavy atom. The average Bonchev–Trinajstić information content (AvgIpc) is 2.94. The van der Waals surface area contributed by atoms with Crippen LogP contribution < -0.4 is 10.6 Å². The Balaban J connectivity index is 1.72. The van der Waals surface area contributed by atoms with Gasteiger partial charge in [-0.05, 0) is 19.3 Å². The number of urea groups is 1. The summed E-state index contributed by atoms with van der Waals surface area (Å²) >= 11 is 0. The minimum Gasteiger partial charge on any atom is -0.336 e. The fraction of sp³-hybridized carbons (Fsp3) is 0.786. The second-order valence-corrected chi connectivity index (χ2v) is 5.80. The number of nitrogens with zero attached hydrogens (tertiary/aromatic N) is 3. The predicted molar refractivity (Wildman–Crippen MR) is 77.7 cm³/mol. The van der Waals surface area contributed by atoms with Crippen LogP contribution in [0.25, 0.3) is 0 Å². The van der Waals surface area contributed by atoms with Crippen molar-refractivity contribution in [3.8, 4) is 0 Å². The highest BCUT2D eigenvalue weighted by atomic mass is 19.4. The second kappa shape index (κ2) is 7.65. The van der Waals surface area contributed by atoms with Crippen molar-refractivity contribution in [1.29, 1.82) is 0 Å². The van der Waals surface area contributed by atoms with Gasteiger partial charge < -0.3 is 15.2 Å². The molecular weight excluding hydrogens is 311 g/mol. The van der Waals surface area contributed by atoms with Crippen molar-refractivity contribution in [2.45, 2.75) is 57.8 Å². The van der Waals surface area contributed by atoms with Crippen LogP contribution in [0.3, 0.4) is 0 Å². The second-order valence-electron chi connectivity index (χ2n) is 5.80. The van der Waals surface area contributed by atoms with Gasteiger partial charge in [0.25, 0.3) is 0 Å². The first-order valence-electron chi connectivity index (χ1n) is 7.88. The van der Waals surface area contributed by atoms with Crippen molar-refractivity contribution >= 4 is 6.03 Å². The smallest absolute Gasteiger partial charge is 0.336 e. The lowest BCUT2D eigenvalue weighted by molar-refractivity contribution is -0.183. The van der Waals surface area contributed by atoms with E-state index in [4.69, 9.17) is 0 Å². The van der Waals surface area contributed by atoms with Crippen molar-refractivity contribution in [3.63, 3.8) is 0 Å². The number of halogens is 3. The van der Waals surface area contributed by atoms with Crippen molar-refractivity contribution in [1.82, 2.24) is 25.4 Å². The number of aromatic nitrogens is 3. The highest BCUT2D eigenvalue weighted by Gasteiger charge is 2.42. The maximum Gasteiger partial charge on any atom is 0.391 e. The number of rotatable bonds is 5. The number of aryl methyl sites for hydroxylation is 1. The molecule has 0 spiro atoms. The molecule has 1 saturated carbocycles. The summed E-state index contributed by atoms with van der Waals surface area (Å²) < 4.78 is 40.1. The number of carbonyl (C=O) groups is 1. The van der Waals surface area contributed by atoms with E-state index in [1.165, 1.54) is 0 Å². The van der Waals surface area contributed by atoms with Crippen LogP contribution in [-0.4, -0.2) is 39.6 Å². The molecule has 1 aliphatic rings. The van der Waals surface area contributed by atoms with E-state index in [-0.39, 0.29) is 12.8 Å². The van der Waals surface area contributed by atoms with Gasteiger partial charge >= 0.3 is 12.2 Å². The normalized spacial score (nSPS) is 21.9. The molecule has 1 heterocycles. The molecule has 0 radical (unpaired) electrons. The fourth-order valence-corrected chi connectivity index (χ4v) is 2.88. The number of alkyl halides is 3. The van der Waals surface area contributed by atoms with E-state index in [1.54, 1.807) is 6.33 Å². The molecule has 2 atom stereocenters. The molecule has 0 bridgehead atoms. The third-order valence-corrected chi connectivity index (χ3v) is 4.12. The largest absolute Gasteiger partial charge is 0.391 e. The van der Waals surface area contributed by atoms with Gasteiger partial charge in [0.15, 0.2) is 0 Å². The topological polar surface area (TPSA) is 71.8 Å². The lowest BCUT2D eigenvalue weighted by Gasteiger charge is -2.31. The molecular formula is C14H22F3N5O. The number of hydrogen-bond donors (Lipinski definition) is 2. The van der Waals surface area contributed by atoms with Gasteiger partial charge in [-0.1, -0.05) is 13.3 Å². The van der Waals surface area contributed by atoms with Crippen LogP contribution in [0, 0.1) is 5.92 Å². The molecule has 1 aromatic rings. The molecule has 2 N–H and O–H groups in total. The number of amides is 2. The lowest BCUT2D eigenvalue weighted by atomic mass is 9.85. The zero-order chi connectivity index (χ0) is 16.9. The van der Waals surface area contributed by atoms with Crippen LogP contribution in [0.1, 0.15) is 38.4 Å². The van der Waals surface area contributed by atoms with Crippen molar-refractivity contribution < 1.29 is 18.0 Å². The monoisotopic (exact) mass is 333 g/mol. The molecule has 23 heavy (non-hydrogen) atoms. The maximum absolute atomic E-state index is 12.7. The number of hydrogen-bond acceptors (Lipinski definition) is 3. The lowest BCUT2D eigenvalue weighted by Crippen LogP contribution is -2.46. The summed E-state index contributed by atoms with van der Waals surface area (Å²) in [6.45, 7) is 2.85. The molecule has 1 aliphatic carbocycles. The van der Waals surface area contributed by atoms with Gasteiger partial charge in [0.1, 0.15) is 12.2 Å². The molecule has 2 rings (SSSR count). The molecule has 2 amide bonds. The fourth-order valence-electron chi connectivity index (χ4n) is 2.88. The van der Waals surface area contributed by atoms with Gasteiger partial charge in [0, 0.05) is 25.6 Å². The number of nitrogens with one attached hydrogen (secondary N) is 2. The minimum atomic E-state index is -4.18. The van der Waals surface area contributed by atoms with E-state index in [1.807, 2.05) is 11.5 Å². The summed E-state index contributed by atoms with van der Waals surface area (Å²) in [4.78, 5) is 11.8. The van der Waals surface area contributed by atoms with Crippen molar-refractivity contribution in [2.75, 3.05) is 6.54 Å². The zero-order valence-electron chi connectivity index (χ0n) is 13.1. The number of carbonyl (C=O) groups excluding carboxylic acids is 1. The average molecular weight is 333 g/mol. The third kappa shape index (κ3) is 5.11. The summed E-state index contributed by atoms with van der Waals surface area (Å²) in [5.74, 6) is -0.488. The molecule has 0 saturated heterocycles. The Bertz CT molecular complexity index is 517. The van der Waals surface area contributed by atoms with E-state index in [2.05, 4.69) is 20.8 Å². The summed E-state index contributed by atoms with van der Waals surface area (Å²) in [6.07, 6.45) is -0.664. The summed E-state index contributed by atoms with van der Waals surface area (Å²) in [5.41, 5.74) is 0. The van der Waals surface area contributed by atoms with Gasteiger partial charge in [0.05, 0.1) is 5.92 Å². The van der Waals surface area contributed by atoms with Gasteiger partial charge in [-0.3, -0.25) is 0 Å². The zero-order valence-corrected chi connectivity index (χ0v) is 13.1. The SMILES string of the molecule is CCc1nncn1CCNC(=O)N[C@H]1CCC[C@@H](C(F)(F)F)C1. The molecule has 0 aromatic carbocycles. The molecule has 9 heteroatoms. The van der Waals surface area contributed by atoms with Crippen LogP contribution in [0.5, 0.6) is 0 Å². The van der Waals surface area contributed by atoms with Crippen LogP contribution in [0.2, 0.25) is 0 Å². The van der Waals surface area contributed by atoms with Crippen LogP contribution in [0.4, 0.5) is 18.0 Å². The van der Waals surface area contributed by atoms with Crippen molar-refractivity contribution in [3.05, 3.63) is 12.2 Å². The first kappa shape index (κ1) is 17.6. The molecule has 1 aromatic heterocycles. The van der Waals surface area contributed by atoms with Crippen LogP contribution >= 0.6 is 0 Å². The van der Waals surface area contributed by atoms with Gasteiger partial charge in [-0.15, -0.1) is 10.2 Å². The van der Waals surface area contributed by atoms with E-state index >= 15 is 0 Å². The Labute approximate surface area is 132 Å². The highest BCUT2D eigenvalue weighted by Crippen LogP contribution is 2.37. The highest BCUT2D eigenvalue weighted by molar-refractivity contribution is 5.74. The van der Waals surface area contributed by atoms with Gasteiger partial charge in [-0.25, -0.2) is 4.79 Å². The summed E-state index contributed by atoms with van der Waals surface area (Å²) in [7, 11) is 0. The molecule has 0 unspecified atom stereocenters. The van der Waals surface area contributed by atoms with E-state index in [9.17, 15) is 18.0 Å². The Kier molecular flexibility index (Phi) is 5.84. The van der Waals surface area contributed by atoms with E-state index < -0.39 is 24.2 Å². The van der Waals surface area contributed by atoms with Gasteiger partial charge in [0.2, 0.25) is 0 Å². The Morgan fingerprint density at radius 3 is 2.91 bits per heavy atom. The molecule has 0 aliphatic heterocycles. The standard InChI is InChI=1S/C14H22F3N5O/c1-2-12-21-19-9-22(12)7-6-18-13(23)20-11-5-3-4-10(8-11)14(15,16)17/h9-11H,2-8H2,1H3,(H2,18,20,23)/t10-,11+/m1/s1. The molecule has 130 valence electrons. The Morgan fingerprint density at radius 2 is 2.22 bits per heavy atom. The molecule has 6 nitrogen and oxygen atoms in total. The van der Waals surface area contributed by atoms with E-state index in [0.717, 1.165) is 12.2 Å². The predicted octanol–water partition coefficient (Wildman–Crippen LogP) is 2.26. The Hall–Kier alpha value is -1.80. The van der Waals surface area contributed by atoms with Crippen LogP contribution in [0.15, 0.2) is 6.33 Å². The minimum absolute atomic E-state index is 0.0393. The quantitative estimate of drug-likeness (QED) is 0.868. The maximum atomic E-state index is 12.7. The summed E-state index contributed by atoms with van der Waals surface area (Å²) in [6, 6.07) is -0.847. The van der Waals surface area contributed by atoms with E-state index in [0.29, 0.717) is 25.9 Å². The van der Waals surface area contributed by atoms with Crippen molar-refractivity contribution in [2.24, 2.45) is 5.92 Å². The van der Waals surface area contributed by atoms with Gasteiger partial charge in [-0.2, -0.15) is 13.2 Å². The summed E-state index contributed by atoms with van der Waals surface area (Å²) in [5, 5.41) is 13.0. The third-order valence-electron chi connectivity index (χ3n) is 4.12. The first-order valence-corrected chi connectivity index (χ1v) is 7.88. The molecule has 1 fully saturated rings. The first-order chi connectivity index (χ1) is 10.9.